The zero-order valence-corrected chi connectivity index (χ0v) is 12.8. The van der Waals surface area contributed by atoms with Crippen LogP contribution in [0.2, 0.25) is 0 Å². The molecule has 0 aliphatic carbocycles. The molecule has 1 aliphatic rings. The first-order valence-electron chi connectivity index (χ1n) is 6.93. The molecule has 0 radical (unpaired) electrons. The highest BCUT2D eigenvalue weighted by molar-refractivity contribution is 7.14. The number of nitro groups is 1. The average molecular weight is 304 g/mol. The van der Waals surface area contributed by atoms with Crippen LogP contribution in [0.5, 0.6) is 0 Å². The quantitative estimate of drug-likeness (QED) is 0.639. The second-order valence-electron chi connectivity index (χ2n) is 5.40. The Labute approximate surface area is 126 Å². The lowest BCUT2D eigenvalue weighted by Crippen LogP contribution is -2.36. The third-order valence-electron chi connectivity index (χ3n) is 3.56. The Morgan fingerprint density at radius 3 is 2.62 bits per heavy atom. The molecule has 1 fully saturated rings. The largest absolute Gasteiger partial charge is 0.371 e. The number of aromatic nitrogens is 2. The van der Waals surface area contributed by atoms with Crippen molar-refractivity contribution in [2.45, 2.75) is 26.2 Å². The van der Waals surface area contributed by atoms with E-state index in [0.717, 1.165) is 23.8 Å². The van der Waals surface area contributed by atoms with Crippen LogP contribution < -0.4 is 4.90 Å². The molecule has 1 aliphatic heterocycles. The third-order valence-corrected chi connectivity index (χ3v) is 4.82. The minimum absolute atomic E-state index is 0.0886. The highest BCUT2D eigenvalue weighted by atomic mass is 32.1. The van der Waals surface area contributed by atoms with Crippen LogP contribution in [-0.4, -0.2) is 28.2 Å². The van der Waals surface area contributed by atoms with Gasteiger partial charge in [0.1, 0.15) is 5.01 Å². The van der Waals surface area contributed by atoms with Crippen molar-refractivity contribution >= 4 is 22.7 Å². The molecule has 6 nitrogen and oxygen atoms in total. The monoisotopic (exact) mass is 304 g/mol. The molecule has 0 amide bonds. The second-order valence-corrected chi connectivity index (χ2v) is 6.41. The third kappa shape index (κ3) is 2.61. The summed E-state index contributed by atoms with van der Waals surface area (Å²) in [6.07, 6.45) is 1.17. The van der Waals surface area contributed by atoms with Gasteiger partial charge in [0, 0.05) is 30.8 Å². The Bertz CT molecular complexity index is 679. The van der Waals surface area contributed by atoms with Crippen molar-refractivity contribution in [3.63, 3.8) is 0 Å². The molecule has 110 valence electrons. The van der Waals surface area contributed by atoms with Crippen LogP contribution in [0.4, 0.5) is 11.4 Å². The van der Waals surface area contributed by atoms with Gasteiger partial charge in [0.25, 0.3) is 5.69 Å². The minimum atomic E-state index is -0.355. The molecule has 0 spiro atoms. The molecule has 0 saturated carbocycles. The van der Waals surface area contributed by atoms with Crippen LogP contribution >= 0.6 is 11.3 Å². The molecule has 21 heavy (non-hydrogen) atoms. The van der Waals surface area contributed by atoms with E-state index in [2.05, 4.69) is 15.1 Å². The number of anilines is 1. The SMILES string of the molecule is CC(C)c1nnc(-c2cc(N3CCC3)ccc2[N+](=O)[O-])s1. The summed E-state index contributed by atoms with van der Waals surface area (Å²) in [4.78, 5) is 13.1. The van der Waals surface area contributed by atoms with Crippen molar-refractivity contribution in [2.75, 3.05) is 18.0 Å². The van der Waals surface area contributed by atoms with E-state index in [0.29, 0.717) is 10.6 Å². The van der Waals surface area contributed by atoms with E-state index >= 15 is 0 Å². The van der Waals surface area contributed by atoms with E-state index in [1.807, 2.05) is 26.0 Å². The topological polar surface area (TPSA) is 72.2 Å². The molecule has 7 heteroatoms. The van der Waals surface area contributed by atoms with E-state index in [4.69, 9.17) is 0 Å². The molecular weight excluding hydrogens is 288 g/mol. The van der Waals surface area contributed by atoms with Gasteiger partial charge >= 0.3 is 0 Å². The zero-order valence-electron chi connectivity index (χ0n) is 11.9. The lowest BCUT2D eigenvalue weighted by atomic mass is 10.1. The standard InChI is InChI=1S/C14H16N4O2S/c1-9(2)13-15-16-14(21-13)11-8-10(17-6-3-7-17)4-5-12(11)18(19)20/h4-5,8-9H,3,6-7H2,1-2H3. The van der Waals surface area contributed by atoms with Gasteiger partial charge in [-0.2, -0.15) is 0 Å². The summed E-state index contributed by atoms with van der Waals surface area (Å²) in [6, 6.07) is 5.24. The molecule has 1 aromatic heterocycles. The van der Waals surface area contributed by atoms with Gasteiger partial charge < -0.3 is 4.90 Å². The van der Waals surface area contributed by atoms with Crippen LogP contribution in [0.1, 0.15) is 31.2 Å². The number of rotatable bonds is 4. The predicted octanol–water partition coefficient (Wildman–Crippen LogP) is 3.45. The Morgan fingerprint density at radius 2 is 2.10 bits per heavy atom. The van der Waals surface area contributed by atoms with E-state index in [-0.39, 0.29) is 16.5 Å². The maximum Gasteiger partial charge on any atom is 0.279 e. The molecule has 0 unspecified atom stereocenters. The molecule has 0 atom stereocenters. The molecule has 2 heterocycles. The summed E-state index contributed by atoms with van der Waals surface area (Å²) in [5, 5.41) is 21.0. The van der Waals surface area contributed by atoms with Crippen LogP contribution in [0.15, 0.2) is 18.2 Å². The van der Waals surface area contributed by atoms with Crippen molar-refractivity contribution in [3.05, 3.63) is 33.3 Å². The van der Waals surface area contributed by atoms with Gasteiger partial charge in [-0.05, 0) is 18.6 Å². The maximum atomic E-state index is 11.2. The first kappa shape index (κ1) is 13.9. The van der Waals surface area contributed by atoms with Gasteiger partial charge in [0.2, 0.25) is 0 Å². The fourth-order valence-electron chi connectivity index (χ4n) is 2.20. The summed E-state index contributed by atoms with van der Waals surface area (Å²) in [6.45, 7) is 6.08. The maximum absolute atomic E-state index is 11.2. The molecule has 3 rings (SSSR count). The zero-order chi connectivity index (χ0) is 15.0. The number of nitrogens with zero attached hydrogens (tertiary/aromatic N) is 4. The van der Waals surface area contributed by atoms with Crippen molar-refractivity contribution in [2.24, 2.45) is 0 Å². The number of hydrogen-bond donors (Lipinski definition) is 0. The second kappa shape index (κ2) is 5.40. The smallest absolute Gasteiger partial charge is 0.279 e. The van der Waals surface area contributed by atoms with Crippen LogP contribution in [0, 0.1) is 10.1 Å². The fraction of sp³-hybridized carbons (Fsp3) is 0.429. The summed E-state index contributed by atoms with van der Waals surface area (Å²) in [5.74, 6) is 0.272. The van der Waals surface area contributed by atoms with Crippen molar-refractivity contribution in [1.82, 2.24) is 10.2 Å². The molecule has 0 bridgehead atoms. The number of nitro benzene ring substituents is 1. The van der Waals surface area contributed by atoms with Crippen molar-refractivity contribution < 1.29 is 4.92 Å². The Kier molecular flexibility index (Phi) is 3.59. The lowest BCUT2D eigenvalue weighted by molar-refractivity contribution is -0.384. The highest BCUT2D eigenvalue weighted by Crippen LogP contribution is 2.37. The summed E-state index contributed by atoms with van der Waals surface area (Å²) in [7, 11) is 0. The Morgan fingerprint density at radius 1 is 1.33 bits per heavy atom. The average Bonchev–Trinajstić information content (AvgIpc) is 2.85. The van der Waals surface area contributed by atoms with E-state index in [1.165, 1.54) is 17.8 Å². The van der Waals surface area contributed by atoms with Gasteiger partial charge in [-0.15, -0.1) is 10.2 Å². The molecule has 1 aromatic carbocycles. The Hall–Kier alpha value is -2.02. The number of benzene rings is 1. The number of hydrogen-bond acceptors (Lipinski definition) is 6. The van der Waals surface area contributed by atoms with E-state index in [1.54, 1.807) is 6.07 Å². The molecular formula is C14H16N4O2S. The van der Waals surface area contributed by atoms with Crippen LogP contribution in [0.25, 0.3) is 10.6 Å². The van der Waals surface area contributed by atoms with Gasteiger partial charge in [-0.3, -0.25) is 10.1 Å². The van der Waals surface area contributed by atoms with Crippen LogP contribution in [0.3, 0.4) is 0 Å². The summed E-state index contributed by atoms with van der Waals surface area (Å²) >= 11 is 1.43. The summed E-state index contributed by atoms with van der Waals surface area (Å²) < 4.78 is 0. The van der Waals surface area contributed by atoms with Crippen LogP contribution in [-0.2, 0) is 0 Å². The first-order valence-corrected chi connectivity index (χ1v) is 7.75. The normalized spacial score (nSPS) is 14.3. The van der Waals surface area contributed by atoms with Gasteiger partial charge in [-0.25, -0.2) is 0 Å². The summed E-state index contributed by atoms with van der Waals surface area (Å²) in [5.41, 5.74) is 1.67. The highest BCUT2D eigenvalue weighted by Gasteiger charge is 2.23. The van der Waals surface area contributed by atoms with Crippen molar-refractivity contribution in [1.29, 1.82) is 0 Å². The van der Waals surface area contributed by atoms with Gasteiger partial charge in [0.05, 0.1) is 10.5 Å². The molecule has 0 N–H and O–H groups in total. The van der Waals surface area contributed by atoms with Gasteiger partial charge in [0.15, 0.2) is 5.01 Å². The Balaban J connectivity index is 2.05. The lowest BCUT2D eigenvalue weighted by Gasteiger charge is -2.33. The van der Waals surface area contributed by atoms with E-state index in [9.17, 15) is 10.1 Å². The molecule has 1 saturated heterocycles. The van der Waals surface area contributed by atoms with Gasteiger partial charge in [-0.1, -0.05) is 25.2 Å². The predicted molar refractivity (Wildman–Crippen MR) is 82.9 cm³/mol. The molecule has 2 aromatic rings. The van der Waals surface area contributed by atoms with E-state index < -0.39 is 0 Å². The van der Waals surface area contributed by atoms with Crippen molar-refractivity contribution in [3.8, 4) is 10.6 Å². The minimum Gasteiger partial charge on any atom is -0.371 e. The fourth-order valence-corrected chi connectivity index (χ4v) is 3.07. The first-order chi connectivity index (χ1) is 10.1.